The van der Waals surface area contributed by atoms with Crippen LogP contribution in [-0.4, -0.2) is 30.3 Å². The molecule has 1 amide bonds. The highest BCUT2D eigenvalue weighted by Crippen LogP contribution is 2.43. The van der Waals surface area contributed by atoms with Gasteiger partial charge in [-0.2, -0.15) is 5.10 Å². The summed E-state index contributed by atoms with van der Waals surface area (Å²) < 4.78 is 10.7. The molecule has 2 N–H and O–H groups in total. The summed E-state index contributed by atoms with van der Waals surface area (Å²) in [5.74, 6) is 2.45. The van der Waals surface area contributed by atoms with Gasteiger partial charge in [-0.1, -0.05) is 36.4 Å². The number of aromatic nitrogens is 2. The molecule has 0 unspecified atom stereocenters. The molecule has 0 radical (unpaired) electrons. The summed E-state index contributed by atoms with van der Waals surface area (Å²) in [4.78, 5) is 12.2. The minimum absolute atomic E-state index is 0.0600. The van der Waals surface area contributed by atoms with Crippen molar-refractivity contribution < 1.29 is 14.3 Å². The van der Waals surface area contributed by atoms with E-state index in [2.05, 4.69) is 51.9 Å². The van der Waals surface area contributed by atoms with Gasteiger partial charge in [0.25, 0.3) is 0 Å². The topological polar surface area (TPSA) is 76.2 Å². The number of ether oxygens (including phenoxy) is 2. The Morgan fingerprint density at radius 1 is 1.00 bits per heavy atom. The molecule has 1 heterocycles. The van der Waals surface area contributed by atoms with Gasteiger partial charge in [-0.3, -0.25) is 9.89 Å². The van der Waals surface area contributed by atoms with Gasteiger partial charge in [0.05, 0.1) is 14.2 Å². The zero-order valence-corrected chi connectivity index (χ0v) is 17.6. The maximum Gasteiger partial charge on any atom is 0.228 e. The number of methoxy groups -OCH3 is 2. The maximum absolute atomic E-state index is 12.2. The Balaban J connectivity index is 1.55. The van der Waals surface area contributed by atoms with Gasteiger partial charge >= 0.3 is 0 Å². The highest BCUT2D eigenvalue weighted by atomic mass is 16.5. The number of hydrogen-bond acceptors (Lipinski definition) is 4. The first-order valence-electron chi connectivity index (χ1n) is 10.5. The average molecular weight is 415 g/mol. The Kier molecular flexibility index (Phi) is 4.77. The van der Waals surface area contributed by atoms with Gasteiger partial charge in [-0.05, 0) is 48.2 Å². The number of hydrogen-bond donors (Lipinski definition) is 2. The molecule has 5 rings (SSSR count). The van der Waals surface area contributed by atoms with Crippen LogP contribution in [0.4, 0.5) is 5.82 Å². The van der Waals surface area contributed by atoms with Crippen LogP contribution in [0.3, 0.4) is 0 Å². The van der Waals surface area contributed by atoms with E-state index in [1.807, 2.05) is 24.3 Å². The van der Waals surface area contributed by atoms with Crippen LogP contribution in [0, 0.1) is 5.92 Å². The molecular weight excluding hydrogens is 390 g/mol. The number of fused-ring (bicyclic) bond motifs is 1. The fraction of sp³-hybridized carbons (Fsp3) is 0.280. The number of aromatic amines is 1. The molecule has 31 heavy (non-hydrogen) atoms. The number of nitrogens with one attached hydrogen (secondary N) is 2. The monoisotopic (exact) mass is 415 g/mol. The SMILES string of the molecule is COc1ccc(C2(c3ccc(OC)cc3)C=Cc3c(NC(=O)C4CC4)n[nH]c3C2)cc1. The second kappa shape index (κ2) is 7.61. The third-order valence-corrected chi connectivity index (χ3v) is 6.27. The first kappa shape index (κ1) is 19.4. The number of H-pyrrole nitrogens is 1. The van der Waals surface area contributed by atoms with E-state index >= 15 is 0 Å². The molecule has 2 aliphatic rings. The first-order chi connectivity index (χ1) is 15.1. The lowest BCUT2D eigenvalue weighted by Crippen LogP contribution is -2.30. The summed E-state index contributed by atoms with van der Waals surface area (Å²) in [7, 11) is 3.34. The normalized spacial score (nSPS) is 16.5. The van der Waals surface area contributed by atoms with E-state index < -0.39 is 0 Å². The van der Waals surface area contributed by atoms with Crippen molar-refractivity contribution in [3.63, 3.8) is 0 Å². The van der Waals surface area contributed by atoms with Crippen molar-refractivity contribution in [2.24, 2.45) is 5.92 Å². The Hall–Kier alpha value is -3.54. The zero-order valence-electron chi connectivity index (χ0n) is 17.6. The zero-order chi connectivity index (χ0) is 21.4. The quantitative estimate of drug-likeness (QED) is 0.628. The van der Waals surface area contributed by atoms with Crippen molar-refractivity contribution in [3.8, 4) is 11.5 Å². The molecule has 1 saturated carbocycles. The van der Waals surface area contributed by atoms with Crippen molar-refractivity contribution in [2.75, 3.05) is 19.5 Å². The van der Waals surface area contributed by atoms with Crippen molar-refractivity contribution in [1.29, 1.82) is 0 Å². The van der Waals surface area contributed by atoms with E-state index in [0.29, 0.717) is 12.2 Å². The summed E-state index contributed by atoms with van der Waals surface area (Å²) in [5.41, 5.74) is 3.87. The number of amides is 1. The second-order valence-corrected chi connectivity index (χ2v) is 8.17. The Morgan fingerprint density at radius 2 is 1.58 bits per heavy atom. The molecule has 3 aromatic rings. The van der Waals surface area contributed by atoms with Gasteiger partial charge in [0.2, 0.25) is 5.91 Å². The third-order valence-electron chi connectivity index (χ3n) is 6.27. The molecule has 1 aromatic heterocycles. The van der Waals surface area contributed by atoms with Crippen LogP contribution in [0.5, 0.6) is 11.5 Å². The molecular formula is C25H25N3O3. The van der Waals surface area contributed by atoms with Crippen molar-refractivity contribution in [1.82, 2.24) is 10.2 Å². The van der Waals surface area contributed by atoms with Crippen LogP contribution in [0.25, 0.3) is 6.08 Å². The molecule has 0 aliphatic heterocycles. The standard InChI is InChI=1S/C25H25N3O3/c1-30-19-9-5-17(6-10-19)25(18-7-11-20(31-2)12-8-18)14-13-21-22(15-25)27-28-23(21)26-24(29)16-3-4-16/h5-14,16H,3-4,15H2,1-2H3,(H2,26,27,28,29). The Labute approximate surface area is 181 Å². The number of carbonyl (C=O) groups excluding carboxylic acids is 1. The van der Waals surface area contributed by atoms with Crippen LogP contribution >= 0.6 is 0 Å². The second-order valence-electron chi connectivity index (χ2n) is 8.17. The summed E-state index contributed by atoms with van der Waals surface area (Å²) >= 11 is 0. The third kappa shape index (κ3) is 3.48. The molecule has 1 fully saturated rings. The number of anilines is 1. The van der Waals surface area contributed by atoms with Crippen molar-refractivity contribution in [3.05, 3.63) is 77.0 Å². The van der Waals surface area contributed by atoms with Crippen LogP contribution in [0.1, 0.15) is 35.2 Å². The molecule has 2 aliphatic carbocycles. The van der Waals surface area contributed by atoms with Crippen LogP contribution in [-0.2, 0) is 16.6 Å². The fourth-order valence-electron chi connectivity index (χ4n) is 4.26. The van der Waals surface area contributed by atoms with E-state index in [4.69, 9.17) is 9.47 Å². The molecule has 0 saturated heterocycles. The smallest absolute Gasteiger partial charge is 0.228 e. The molecule has 0 spiro atoms. The van der Waals surface area contributed by atoms with Gasteiger partial charge in [-0.25, -0.2) is 0 Å². The largest absolute Gasteiger partial charge is 0.497 e. The minimum atomic E-state index is -0.379. The molecule has 2 aromatic carbocycles. The predicted octanol–water partition coefficient (Wildman–Crippen LogP) is 4.33. The lowest BCUT2D eigenvalue weighted by molar-refractivity contribution is -0.117. The predicted molar refractivity (Wildman–Crippen MR) is 119 cm³/mol. The minimum Gasteiger partial charge on any atom is -0.497 e. The van der Waals surface area contributed by atoms with Crippen LogP contribution in [0.2, 0.25) is 0 Å². The molecule has 6 heteroatoms. The summed E-state index contributed by atoms with van der Waals surface area (Å²) in [6.07, 6.45) is 6.91. The van der Waals surface area contributed by atoms with Crippen LogP contribution in [0.15, 0.2) is 54.6 Å². The highest BCUT2D eigenvalue weighted by molar-refractivity contribution is 5.95. The van der Waals surface area contributed by atoms with Gasteiger partial charge in [0, 0.05) is 29.0 Å². The van der Waals surface area contributed by atoms with Gasteiger partial charge < -0.3 is 14.8 Å². The molecule has 0 atom stereocenters. The lowest BCUT2D eigenvalue weighted by atomic mass is 9.68. The highest BCUT2D eigenvalue weighted by Gasteiger charge is 2.37. The van der Waals surface area contributed by atoms with E-state index in [1.165, 1.54) is 0 Å². The number of benzene rings is 2. The number of carbonyl (C=O) groups is 1. The van der Waals surface area contributed by atoms with Gasteiger partial charge in [0.15, 0.2) is 5.82 Å². The molecule has 6 nitrogen and oxygen atoms in total. The first-order valence-corrected chi connectivity index (χ1v) is 10.5. The summed E-state index contributed by atoms with van der Waals surface area (Å²) in [6, 6.07) is 16.3. The van der Waals surface area contributed by atoms with Crippen molar-refractivity contribution in [2.45, 2.75) is 24.7 Å². The van der Waals surface area contributed by atoms with Gasteiger partial charge in [-0.15, -0.1) is 0 Å². The summed E-state index contributed by atoms with van der Waals surface area (Å²) in [5, 5.41) is 10.6. The molecule has 0 bridgehead atoms. The number of allylic oxidation sites excluding steroid dienone is 1. The van der Waals surface area contributed by atoms with E-state index in [-0.39, 0.29) is 17.2 Å². The van der Waals surface area contributed by atoms with E-state index in [1.54, 1.807) is 14.2 Å². The van der Waals surface area contributed by atoms with Crippen LogP contribution < -0.4 is 14.8 Å². The average Bonchev–Trinajstić information content (AvgIpc) is 3.61. The number of nitrogens with zero attached hydrogens (tertiary/aromatic N) is 1. The number of rotatable bonds is 6. The van der Waals surface area contributed by atoms with E-state index in [0.717, 1.165) is 46.7 Å². The Morgan fingerprint density at radius 3 is 2.10 bits per heavy atom. The Bertz CT molecular complexity index is 1080. The van der Waals surface area contributed by atoms with E-state index in [9.17, 15) is 4.79 Å². The fourth-order valence-corrected chi connectivity index (χ4v) is 4.26. The van der Waals surface area contributed by atoms with Gasteiger partial charge in [0.1, 0.15) is 11.5 Å². The lowest BCUT2D eigenvalue weighted by Gasteiger charge is -2.34. The maximum atomic E-state index is 12.2. The molecule has 158 valence electrons. The summed E-state index contributed by atoms with van der Waals surface area (Å²) in [6.45, 7) is 0. The van der Waals surface area contributed by atoms with Crippen molar-refractivity contribution >= 4 is 17.8 Å².